The van der Waals surface area contributed by atoms with Crippen LogP contribution in [0.2, 0.25) is 0 Å². The van der Waals surface area contributed by atoms with Gasteiger partial charge in [-0.15, -0.1) is 0 Å². The molecular formula is C56H40N2. The van der Waals surface area contributed by atoms with E-state index in [0.717, 1.165) is 0 Å². The molecule has 0 bridgehead atoms. The van der Waals surface area contributed by atoms with Crippen LogP contribution < -0.4 is 0 Å². The summed E-state index contributed by atoms with van der Waals surface area (Å²) < 4.78 is 5.08. The third-order valence-electron chi connectivity index (χ3n) is 12.8. The molecule has 274 valence electrons. The van der Waals surface area contributed by atoms with Crippen molar-refractivity contribution < 1.29 is 0 Å². The average molecular weight is 741 g/mol. The molecule has 2 aromatic heterocycles. The lowest BCUT2D eigenvalue weighted by molar-refractivity contribution is 1.14. The highest BCUT2D eigenvalue weighted by Crippen LogP contribution is 2.48. The van der Waals surface area contributed by atoms with Gasteiger partial charge in [0.2, 0.25) is 0 Å². The summed E-state index contributed by atoms with van der Waals surface area (Å²) in [6.45, 7) is 8.91. The van der Waals surface area contributed by atoms with Crippen molar-refractivity contribution in [3.05, 3.63) is 192 Å². The molecule has 0 N–H and O–H groups in total. The quantitative estimate of drug-likeness (QED) is 0.126. The number of aromatic nitrogens is 2. The number of pyridine rings is 2. The van der Waals surface area contributed by atoms with E-state index in [1.165, 1.54) is 132 Å². The van der Waals surface area contributed by atoms with Crippen molar-refractivity contribution in [1.29, 1.82) is 0 Å². The van der Waals surface area contributed by atoms with E-state index in [0.29, 0.717) is 0 Å². The van der Waals surface area contributed by atoms with E-state index >= 15 is 0 Å². The third kappa shape index (κ3) is 4.66. The van der Waals surface area contributed by atoms with Crippen LogP contribution in [0.15, 0.2) is 170 Å². The Morgan fingerprint density at radius 2 is 0.724 bits per heavy atom. The normalized spacial score (nSPS) is 12.1. The van der Waals surface area contributed by atoms with Crippen molar-refractivity contribution >= 4 is 75.9 Å². The summed E-state index contributed by atoms with van der Waals surface area (Å²) in [6.07, 6.45) is 0. The number of fused-ring (bicyclic) bond motifs is 4. The first kappa shape index (κ1) is 33.0. The summed E-state index contributed by atoms with van der Waals surface area (Å²) >= 11 is 0. The molecule has 0 aliphatic rings. The lowest BCUT2D eigenvalue weighted by atomic mass is 9.86. The molecule has 0 spiro atoms. The van der Waals surface area contributed by atoms with Gasteiger partial charge in [0.05, 0.1) is 22.1 Å². The number of hydrogen-bond donors (Lipinski definition) is 0. The maximum Gasteiger partial charge on any atom is 0.0547 e. The molecule has 0 radical (unpaired) electrons. The van der Waals surface area contributed by atoms with Gasteiger partial charge in [-0.1, -0.05) is 121 Å². The van der Waals surface area contributed by atoms with Crippen molar-refractivity contribution in [2.75, 3.05) is 0 Å². The van der Waals surface area contributed by atoms with Crippen molar-refractivity contribution in [2.45, 2.75) is 27.7 Å². The topological polar surface area (TPSA) is 9.86 Å². The fourth-order valence-electron chi connectivity index (χ4n) is 10.0. The van der Waals surface area contributed by atoms with Gasteiger partial charge in [0.25, 0.3) is 0 Å². The summed E-state index contributed by atoms with van der Waals surface area (Å²) in [4.78, 5) is 0. The lowest BCUT2D eigenvalue weighted by Crippen LogP contribution is -2.06. The molecule has 0 saturated carbocycles. The Bertz CT molecular complexity index is 3390. The molecule has 12 rings (SSSR count). The van der Waals surface area contributed by atoms with E-state index in [2.05, 4.69) is 207 Å². The first-order chi connectivity index (χ1) is 28.4. The van der Waals surface area contributed by atoms with Gasteiger partial charge in [-0.25, -0.2) is 0 Å². The minimum atomic E-state index is 1.21. The second-order valence-electron chi connectivity index (χ2n) is 16.4. The summed E-state index contributed by atoms with van der Waals surface area (Å²) in [5, 5.41) is 13.0. The van der Waals surface area contributed by atoms with Gasteiger partial charge in [0.1, 0.15) is 0 Å². The maximum absolute atomic E-state index is 2.54. The van der Waals surface area contributed by atoms with Crippen LogP contribution in [0, 0.1) is 27.7 Å². The highest BCUT2D eigenvalue weighted by atomic mass is 15.0. The first-order valence-corrected chi connectivity index (χ1v) is 20.3. The SMILES string of the molecule is Cc1ccc2c3cc4ccc5c6c(cc7ccc(c3c7c46)n(-c3cc(-c4ccccc4)ccc3C)c2c1)c1ccc(C)cc1n5-c1cc(-c2ccccc2)ccc1C. The molecule has 2 heterocycles. The summed E-state index contributed by atoms with van der Waals surface area (Å²) in [6, 6.07) is 63.8. The van der Waals surface area contributed by atoms with Gasteiger partial charge in [0, 0.05) is 43.7 Å². The molecule has 0 fully saturated rings. The van der Waals surface area contributed by atoms with Crippen LogP contribution in [0.1, 0.15) is 22.3 Å². The molecule has 0 unspecified atom stereocenters. The van der Waals surface area contributed by atoms with Crippen LogP contribution in [0.3, 0.4) is 0 Å². The zero-order valence-corrected chi connectivity index (χ0v) is 33.1. The molecule has 0 saturated heterocycles. The van der Waals surface area contributed by atoms with E-state index in [-0.39, 0.29) is 0 Å². The number of hydrogen-bond acceptors (Lipinski definition) is 0. The minimum Gasteiger partial charge on any atom is -0.309 e. The summed E-state index contributed by atoms with van der Waals surface area (Å²) in [5.74, 6) is 0. The monoisotopic (exact) mass is 740 g/mol. The zero-order valence-electron chi connectivity index (χ0n) is 33.1. The molecule has 10 aromatic carbocycles. The molecule has 0 aliphatic carbocycles. The molecule has 58 heavy (non-hydrogen) atoms. The van der Waals surface area contributed by atoms with Crippen LogP contribution in [0.4, 0.5) is 0 Å². The van der Waals surface area contributed by atoms with E-state index in [4.69, 9.17) is 0 Å². The molecule has 0 aliphatic heterocycles. The average Bonchev–Trinajstić information content (AvgIpc) is 3.25. The van der Waals surface area contributed by atoms with Crippen LogP contribution >= 0.6 is 0 Å². The van der Waals surface area contributed by atoms with Crippen molar-refractivity contribution in [3.8, 4) is 33.6 Å². The molecule has 12 aromatic rings. The Morgan fingerprint density at radius 1 is 0.293 bits per heavy atom. The predicted octanol–water partition coefficient (Wildman–Crippen LogP) is 15.3. The Morgan fingerprint density at radius 3 is 1.16 bits per heavy atom. The Balaban J connectivity index is 1.25. The molecular weight excluding hydrogens is 701 g/mol. The molecule has 2 heteroatoms. The second kappa shape index (κ2) is 12.2. The Kier molecular flexibility index (Phi) is 6.93. The maximum atomic E-state index is 2.54. The van der Waals surface area contributed by atoms with Crippen LogP contribution in [-0.2, 0) is 0 Å². The Labute approximate surface area is 337 Å². The molecule has 2 nitrogen and oxygen atoms in total. The Hall–Kier alpha value is -7.16. The van der Waals surface area contributed by atoms with Gasteiger partial charge < -0.3 is 9.13 Å². The zero-order chi connectivity index (χ0) is 38.8. The van der Waals surface area contributed by atoms with E-state index < -0.39 is 0 Å². The standard InChI is InChI=1S/C56H40N2/c1-33-15-23-43-45-29-41-22-26-48-56-46(44-24-16-34(2)28-52(44)58(48)50-32-40(20-18-36(50)4)38-13-9-6-10-14-38)30-42-21-25-47(55(45)53(42)54(41)56)57(51(43)27-33)49-31-39(19-17-35(49)3)37-11-7-5-8-12-37/h5-32H,1-4H3. The number of nitrogens with zero attached hydrogens (tertiary/aromatic N) is 2. The van der Waals surface area contributed by atoms with Gasteiger partial charge in [-0.2, -0.15) is 0 Å². The van der Waals surface area contributed by atoms with Gasteiger partial charge in [-0.05, 0) is 142 Å². The highest BCUT2D eigenvalue weighted by molar-refractivity contribution is 6.40. The highest BCUT2D eigenvalue weighted by Gasteiger charge is 2.24. The number of benzene rings is 10. The van der Waals surface area contributed by atoms with Crippen molar-refractivity contribution in [3.63, 3.8) is 0 Å². The van der Waals surface area contributed by atoms with Gasteiger partial charge in [-0.3, -0.25) is 0 Å². The van der Waals surface area contributed by atoms with Crippen LogP contribution in [0.25, 0.3) is 110 Å². The van der Waals surface area contributed by atoms with Crippen molar-refractivity contribution in [2.24, 2.45) is 0 Å². The fraction of sp³-hybridized carbons (Fsp3) is 0.0714. The fourth-order valence-corrected chi connectivity index (χ4v) is 10.0. The molecule has 0 amide bonds. The summed E-state index contributed by atoms with van der Waals surface area (Å²) in [5.41, 5.74) is 17.2. The lowest BCUT2D eigenvalue weighted by Gasteiger charge is -2.26. The number of aryl methyl sites for hydroxylation is 4. The first-order valence-electron chi connectivity index (χ1n) is 20.3. The van der Waals surface area contributed by atoms with E-state index in [1.54, 1.807) is 0 Å². The largest absolute Gasteiger partial charge is 0.309 e. The second-order valence-corrected chi connectivity index (χ2v) is 16.4. The predicted molar refractivity (Wildman–Crippen MR) is 249 cm³/mol. The van der Waals surface area contributed by atoms with Crippen molar-refractivity contribution in [1.82, 2.24) is 9.13 Å². The number of rotatable bonds is 4. The summed E-state index contributed by atoms with van der Waals surface area (Å²) in [7, 11) is 0. The minimum absolute atomic E-state index is 1.21. The third-order valence-corrected chi connectivity index (χ3v) is 12.8. The van der Waals surface area contributed by atoms with E-state index in [9.17, 15) is 0 Å². The van der Waals surface area contributed by atoms with Gasteiger partial charge in [0.15, 0.2) is 0 Å². The van der Waals surface area contributed by atoms with Gasteiger partial charge >= 0.3 is 0 Å². The van der Waals surface area contributed by atoms with E-state index in [1.807, 2.05) is 0 Å². The molecule has 0 atom stereocenters. The van der Waals surface area contributed by atoms with Crippen LogP contribution in [0.5, 0.6) is 0 Å². The van der Waals surface area contributed by atoms with Crippen LogP contribution in [-0.4, -0.2) is 9.13 Å². The smallest absolute Gasteiger partial charge is 0.0547 e.